The SMILES string of the molecule is CCN(CCNCc1nc(N[C@H](C(N)=O)C(C)C)c2ccccc2n1)C1CCN(C(=O)c2ccccc2)CC1. The standard InChI is InChI=1S/C30H41N7O2/c1-4-36(23-14-17-37(18-15-23)30(39)22-10-6-5-7-11-22)19-16-32-20-26-33-25-13-9-8-12-24(25)29(34-26)35-27(21(2)3)28(31)38/h5-13,21,23,27,32H,4,14-20H2,1-3H3,(H2,31,38)(H,33,34,35)/t27-/m0/s1. The summed E-state index contributed by atoms with van der Waals surface area (Å²) in [6.45, 7) is 10.9. The molecule has 1 saturated heterocycles. The lowest BCUT2D eigenvalue weighted by atomic mass is 10.0. The predicted octanol–water partition coefficient (Wildman–Crippen LogP) is 3.27. The van der Waals surface area contributed by atoms with Crippen molar-refractivity contribution in [3.05, 3.63) is 66.0 Å². The summed E-state index contributed by atoms with van der Waals surface area (Å²) < 4.78 is 0. The van der Waals surface area contributed by atoms with Crippen molar-refractivity contribution in [1.82, 2.24) is 25.1 Å². The molecule has 9 nitrogen and oxygen atoms in total. The predicted molar refractivity (Wildman–Crippen MR) is 155 cm³/mol. The second kappa shape index (κ2) is 13.5. The first kappa shape index (κ1) is 28.4. The van der Waals surface area contributed by atoms with Crippen LogP contribution in [-0.2, 0) is 11.3 Å². The maximum absolute atomic E-state index is 12.8. The number of fused-ring (bicyclic) bond motifs is 1. The van der Waals surface area contributed by atoms with Gasteiger partial charge < -0.3 is 21.3 Å². The van der Waals surface area contributed by atoms with Crippen LogP contribution in [0.2, 0.25) is 0 Å². The number of nitrogens with one attached hydrogen (secondary N) is 2. The third-order valence-electron chi connectivity index (χ3n) is 7.47. The van der Waals surface area contributed by atoms with Gasteiger partial charge in [0.1, 0.15) is 17.7 Å². The third kappa shape index (κ3) is 7.30. The van der Waals surface area contributed by atoms with E-state index < -0.39 is 11.9 Å². The average Bonchev–Trinajstić information content (AvgIpc) is 2.95. The molecule has 208 valence electrons. The summed E-state index contributed by atoms with van der Waals surface area (Å²) in [6.07, 6.45) is 1.96. The van der Waals surface area contributed by atoms with Crippen molar-refractivity contribution < 1.29 is 9.59 Å². The van der Waals surface area contributed by atoms with Gasteiger partial charge in [0.05, 0.1) is 12.1 Å². The lowest BCUT2D eigenvalue weighted by Crippen LogP contribution is -2.48. The number of benzene rings is 2. The molecule has 3 aromatic rings. The maximum Gasteiger partial charge on any atom is 0.253 e. The molecule has 9 heteroatoms. The second-order valence-electron chi connectivity index (χ2n) is 10.5. The molecule has 1 atom stereocenters. The van der Waals surface area contributed by atoms with E-state index in [4.69, 9.17) is 15.7 Å². The molecule has 4 rings (SSSR count). The van der Waals surface area contributed by atoms with E-state index in [0.29, 0.717) is 24.2 Å². The Labute approximate surface area is 231 Å². The Hall–Kier alpha value is -3.56. The van der Waals surface area contributed by atoms with E-state index in [-0.39, 0.29) is 11.8 Å². The molecule has 2 aromatic carbocycles. The van der Waals surface area contributed by atoms with Gasteiger partial charge >= 0.3 is 0 Å². The van der Waals surface area contributed by atoms with Crippen molar-refractivity contribution in [3.8, 4) is 0 Å². The van der Waals surface area contributed by atoms with Crippen LogP contribution in [0.25, 0.3) is 10.9 Å². The Kier molecular flexibility index (Phi) is 9.84. The first-order chi connectivity index (χ1) is 18.9. The first-order valence-electron chi connectivity index (χ1n) is 14.0. The second-order valence-corrected chi connectivity index (χ2v) is 10.5. The smallest absolute Gasteiger partial charge is 0.253 e. The molecule has 0 saturated carbocycles. The minimum atomic E-state index is -0.517. The normalized spacial score (nSPS) is 15.2. The molecule has 39 heavy (non-hydrogen) atoms. The van der Waals surface area contributed by atoms with E-state index >= 15 is 0 Å². The van der Waals surface area contributed by atoms with Crippen LogP contribution in [0.1, 0.15) is 49.8 Å². The maximum atomic E-state index is 12.8. The Bertz CT molecular complexity index is 1240. The Morgan fingerprint density at radius 3 is 2.41 bits per heavy atom. The van der Waals surface area contributed by atoms with Crippen molar-refractivity contribution in [3.63, 3.8) is 0 Å². The van der Waals surface area contributed by atoms with Crippen molar-refractivity contribution in [2.24, 2.45) is 11.7 Å². The van der Waals surface area contributed by atoms with Crippen molar-refractivity contribution in [2.45, 2.75) is 52.2 Å². The van der Waals surface area contributed by atoms with Gasteiger partial charge in [0.25, 0.3) is 5.91 Å². The highest BCUT2D eigenvalue weighted by molar-refractivity contribution is 5.94. The molecule has 0 radical (unpaired) electrons. The average molecular weight is 532 g/mol. The molecule has 1 aromatic heterocycles. The number of carbonyl (C=O) groups excluding carboxylic acids is 2. The number of anilines is 1. The summed E-state index contributed by atoms with van der Waals surface area (Å²) in [5.74, 6) is 1.04. The Morgan fingerprint density at radius 1 is 1.05 bits per heavy atom. The summed E-state index contributed by atoms with van der Waals surface area (Å²) in [5.41, 5.74) is 7.22. The number of para-hydroxylation sites is 1. The summed E-state index contributed by atoms with van der Waals surface area (Å²) in [5, 5.41) is 7.61. The van der Waals surface area contributed by atoms with Gasteiger partial charge in [0.2, 0.25) is 5.91 Å². The Balaban J connectivity index is 1.31. The van der Waals surface area contributed by atoms with E-state index in [0.717, 1.165) is 62.0 Å². The number of rotatable bonds is 12. The number of likely N-dealkylation sites (N-methyl/N-ethyl adjacent to an activating group) is 1. The molecule has 1 aliphatic rings. The zero-order valence-corrected chi connectivity index (χ0v) is 23.3. The van der Waals surface area contributed by atoms with Crippen molar-refractivity contribution in [1.29, 1.82) is 0 Å². The van der Waals surface area contributed by atoms with Gasteiger partial charge in [-0.1, -0.05) is 51.1 Å². The fraction of sp³-hybridized carbons (Fsp3) is 0.467. The molecule has 0 bridgehead atoms. The zero-order chi connectivity index (χ0) is 27.8. The monoisotopic (exact) mass is 531 g/mol. The van der Waals surface area contributed by atoms with Crippen molar-refractivity contribution in [2.75, 3.05) is 38.0 Å². The van der Waals surface area contributed by atoms with Crippen LogP contribution < -0.4 is 16.4 Å². The summed E-state index contributed by atoms with van der Waals surface area (Å²) in [4.78, 5) is 38.7. The fourth-order valence-electron chi connectivity index (χ4n) is 5.25. The topological polar surface area (TPSA) is 116 Å². The van der Waals surface area contributed by atoms with Crippen LogP contribution in [0.15, 0.2) is 54.6 Å². The highest BCUT2D eigenvalue weighted by atomic mass is 16.2. The third-order valence-corrected chi connectivity index (χ3v) is 7.47. The minimum Gasteiger partial charge on any atom is -0.368 e. The summed E-state index contributed by atoms with van der Waals surface area (Å²) in [6, 6.07) is 17.3. The number of carbonyl (C=O) groups is 2. The molecule has 1 fully saturated rings. The number of nitrogens with zero attached hydrogens (tertiary/aromatic N) is 4. The van der Waals surface area contributed by atoms with Gasteiger partial charge in [-0.15, -0.1) is 0 Å². The van der Waals surface area contributed by atoms with Crippen LogP contribution in [0.3, 0.4) is 0 Å². The number of hydrogen-bond acceptors (Lipinski definition) is 7. The number of amides is 2. The molecule has 2 heterocycles. The van der Waals surface area contributed by atoms with Crippen molar-refractivity contribution >= 4 is 28.5 Å². The van der Waals surface area contributed by atoms with Crippen LogP contribution in [-0.4, -0.2) is 76.4 Å². The first-order valence-corrected chi connectivity index (χ1v) is 14.0. The lowest BCUT2D eigenvalue weighted by molar-refractivity contribution is -0.119. The van der Waals surface area contributed by atoms with E-state index in [9.17, 15) is 9.59 Å². The molecule has 0 aliphatic carbocycles. The fourth-order valence-corrected chi connectivity index (χ4v) is 5.25. The summed E-state index contributed by atoms with van der Waals surface area (Å²) >= 11 is 0. The molecular weight excluding hydrogens is 490 g/mol. The highest BCUT2D eigenvalue weighted by Crippen LogP contribution is 2.22. The molecule has 0 unspecified atom stereocenters. The molecule has 0 spiro atoms. The van der Waals surface area contributed by atoms with Gasteiger partial charge in [-0.05, 0) is 49.6 Å². The molecule has 4 N–H and O–H groups in total. The lowest BCUT2D eigenvalue weighted by Gasteiger charge is -2.38. The zero-order valence-electron chi connectivity index (χ0n) is 23.3. The number of piperidine rings is 1. The Morgan fingerprint density at radius 2 is 1.74 bits per heavy atom. The van der Waals surface area contributed by atoms with Gasteiger partial charge in [0, 0.05) is 43.2 Å². The number of hydrogen-bond donors (Lipinski definition) is 3. The number of nitrogens with two attached hydrogens (primary N) is 1. The largest absolute Gasteiger partial charge is 0.368 e. The summed E-state index contributed by atoms with van der Waals surface area (Å²) in [7, 11) is 0. The van der Waals surface area contributed by atoms with Gasteiger partial charge in [-0.3, -0.25) is 14.5 Å². The quantitative estimate of drug-likeness (QED) is 0.307. The van der Waals surface area contributed by atoms with Crippen LogP contribution >= 0.6 is 0 Å². The van der Waals surface area contributed by atoms with Crippen LogP contribution in [0.4, 0.5) is 5.82 Å². The van der Waals surface area contributed by atoms with Gasteiger partial charge in [-0.2, -0.15) is 0 Å². The van der Waals surface area contributed by atoms with E-state index in [1.54, 1.807) is 0 Å². The highest BCUT2D eigenvalue weighted by Gasteiger charge is 2.26. The van der Waals surface area contributed by atoms with Crippen LogP contribution in [0, 0.1) is 5.92 Å². The van der Waals surface area contributed by atoms with Gasteiger partial charge in [-0.25, -0.2) is 9.97 Å². The molecule has 1 aliphatic heterocycles. The van der Waals surface area contributed by atoms with Gasteiger partial charge in [0.15, 0.2) is 0 Å². The van der Waals surface area contributed by atoms with Crippen LogP contribution in [0.5, 0.6) is 0 Å². The molecule has 2 amide bonds. The van der Waals surface area contributed by atoms with E-state index in [2.05, 4.69) is 22.5 Å². The van der Waals surface area contributed by atoms with E-state index in [1.807, 2.05) is 73.3 Å². The number of likely N-dealkylation sites (tertiary alicyclic amines) is 1. The number of aromatic nitrogens is 2. The molecular formula is C30H41N7O2. The minimum absolute atomic E-state index is 0.0288. The van der Waals surface area contributed by atoms with E-state index in [1.165, 1.54) is 0 Å². The number of primary amides is 1.